The lowest BCUT2D eigenvalue weighted by Gasteiger charge is -2.04. The van der Waals surface area contributed by atoms with Gasteiger partial charge in [-0.2, -0.15) is 4.80 Å². The molecule has 0 radical (unpaired) electrons. The molecular weight excluding hydrogens is 368 g/mol. The van der Waals surface area contributed by atoms with E-state index in [0.717, 1.165) is 11.3 Å². The fourth-order valence-electron chi connectivity index (χ4n) is 2.50. The minimum atomic E-state index is -3.39. The Kier molecular flexibility index (Phi) is 5.82. The maximum absolute atomic E-state index is 12.1. The van der Waals surface area contributed by atoms with Crippen molar-refractivity contribution in [3.8, 4) is 17.1 Å². The fourth-order valence-corrected chi connectivity index (χ4v) is 3.80. The lowest BCUT2D eigenvalue weighted by molar-refractivity contribution is 0.295. The molecule has 0 aliphatic rings. The third-order valence-electron chi connectivity index (χ3n) is 3.98. The van der Waals surface area contributed by atoms with Crippen LogP contribution in [-0.2, 0) is 16.4 Å². The van der Waals surface area contributed by atoms with Crippen molar-refractivity contribution in [3.05, 3.63) is 54.1 Å². The molecule has 2 aromatic carbocycles. The Morgan fingerprint density at radius 2 is 1.78 bits per heavy atom. The van der Waals surface area contributed by atoms with E-state index in [1.165, 1.54) is 16.9 Å². The van der Waals surface area contributed by atoms with Crippen molar-refractivity contribution < 1.29 is 18.3 Å². The molecule has 142 valence electrons. The van der Waals surface area contributed by atoms with Crippen LogP contribution < -0.4 is 4.74 Å². The van der Waals surface area contributed by atoms with Crippen LogP contribution in [0.3, 0.4) is 0 Å². The van der Waals surface area contributed by atoms with Gasteiger partial charge in [0, 0.05) is 12.2 Å². The van der Waals surface area contributed by atoms with Crippen LogP contribution in [0, 0.1) is 0 Å². The Hall–Kier alpha value is -2.78. The number of sulfone groups is 1. The van der Waals surface area contributed by atoms with Crippen LogP contribution in [0.4, 0.5) is 0 Å². The average Bonchev–Trinajstić information content (AvgIpc) is 3.15. The number of methoxy groups -OCH3 is 1. The Bertz CT molecular complexity index is 983. The average molecular weight is 388 g/mol. The summed E-state index contributed by atoms with van der Waals surface area (Å²) in [7, 11) is -1.78. The molecule has 0 spiro atoms. The number of benzene rings is 2. The largest absolute Gasteiger partial charge is 0.497 e. The lowest BCUT2D eigenvalue weighted by Crippen LogP contribution is -2.08. The van der Waals surface area contributed by atoms with Crippen molar-refractivity contribution in [1.29, 1.82) is 0 Å². The summed E-state index contributed by atoms with van der Waals surface area (Å²) < 4.78 is 29.4. The summed E-state index contributed by atoms with van der Waals surface area (Å²) in [6.07, 6.45) is 0.214. The standard InChI is InChI=1S/C18H20N4O4S/c1-26-16-7-3-14(4-8-16)13-22-20-18(19-21-22)15-5-9-17(10-6-15)27(24,25)12-2-11-23/h3-10,23H,2,11-13H2,1H3. The number of nitrogens with zero attached hydrogens (tertiary/aromatic N) is 4. The van der Waals surface area contributed by atoms with E-state index < -0.39 is 9.84 Å². The quantitative estimate of drug-likeness (QED) is 0.624. The van der Waals surface area contributed by atoms with Crippen molar-refractivity contribution >= 4 is 9.84 Å². The summed E-state index contributed by atoms with van der Waals surface area (Å²) in [5.74, 6) is 1.11. The number of aliphatic hydroxyl groups is 1. The smallest absolute Gasteiger partial charge is 0.204 e. The van der Waals surface area contributed by atoms with E-state index in [1.54, 1.807) is 19.2 Å². The van der Waals surface area contributed by atoms with E-state index in [0.29, 0.717) is 17.9 Å². The van der Waals surface area contributed by atoms with E-state index in [9.17, 15) is 8.42 Å². The molecule has 8 nitrogen and oxygen atoms in total. The van der Waals surface area contributed by atoms with Gasteiger partial charge >= 0.3 is 0 Å². The Balaban J connectivity index is 1.72. The third-order valence-corrected chi connectivity index (χ3v) is 5.80. The molecule has 9 heteroatoms. The molecule has 0 atom stereocenters. The second kappa shape index (κ2) is 8.28. The zero-order valence-electron chi connectivity index (χ0n) is 14.8. The van der Waals surface area contributed by atoms with Gasteiger partial charge in [-0.25, -0.2) is 8.42 Å². The Labute approximate surface area is 157 Å². The van der Waals surface area contributed by atoms with Gasteiger partial charge in [0.15, 0.2) is 9.84 Å². The van der Waals surface area contributed by atoms with Gasteiger partial charge < -0.3 is 9.84 Å². The van der Waals surface area contributed by atoms with Crippen molar-refractivity contribution in [3.63, 3.8) is 0 Å². The van der Waals surface area contributed by atoms with Crippen LogP contribution in [0.1, 0.15) is 12.0 Å². The number of aromatic nitrogens is 4. The molecule has 3 rings (SSSR count). The van der Waals surface area contributed by atoms with Gasteiger partial charge in [-0.3, -0.25) is 0 Å². The molecule has 0 unspecified atom stereocenters. The van der Waals surface area contributed by atoms with Crippen LogP contribution in [0.2, 0.25) is 0 Å². The number of rotatable bonds is 8. The van der Waals surface area contributed by atoms with E-state index in [-0.39, 0.29) is 23.7 Å². The number of hydrogen-bond donors (Lipinski definition) is 1. The summed E-state index contributed by atoms with van der Waals surface area (Å²) in [6.45, 7) is 0.309. The minimum Gasteiger partial charge on any atom is -0.497 e. The second-order valence-electron chi connectivity index (χ2n) is 5.91. The molecule has 3 aromatic rings. The van der Waals surface area contributed by atoms with Crippen LogP contribution in [0.5, 0.6) is 5.75 Å². The summed E-state index contributed by atoms with van der Waals surface area (Å²) in [4.78, 5) is 1.69. The van der Waals surface area contributed by atoms with Gasteiger partial charge in [0.05, 0.1) is 24.3 Å². The zero-order chi connectivity index (χ0) is 19.3. The van der Waals surface area contributed by atoms with Crippen LogP contribution in [0.25, 0.3) is 11.4 Å². The summed E-state index contributed by atoms with van der Waals surface area (Å²) in [6, 6.07) is 13.9. The molecule has 1 heterocycles. The first-order chi connectivity index (χ1) is 13.0. The fraction of sp³-hybridized carbons (Fsp3) is 0.278. The van der Waals surface area contributed by atoms with E-state index in [2.05, 4.69) is 15.4 Å². The predicted molar refractivity (Wildman–Crippen MR) is 99.1 cm³/mol. The SMILES string of the molecule is COc1ccc(Cn2nnc(-c3ccc(S(=O)(=O)CCCO)cc3)n2)cc1. The van der Waals surface area contributed by atoms with Gasteiger partial charge in [0.25, 0.3) is 0 Å². The minimum absolute atomic E-state index is 0.0842. The molecule has 1 N–H and O–H groups in total. The number of tetrazole rings is 1. The van der Waals surface area contributed by atoms with Gasteiger partial charge in [0.1, 0.15) is 5.75 Å². The van der Waals surface area contributed by atoms with Gasteiger partial charge in [-0.15, -0.1) is 10.2 Å². The molecule has 0 saturated heterocycles. The maximum Gasteiger partial charge on any atom is 0.204 e. The van der Waals surface area contributed by atoms with Crippen LogP contribution in [0.15, 0.2) is 53.4 Å². The number of aliphatic hydroxyl groups excluding tert-OH is 1. The van der Waals surface area contributed by atoms with Crippen LogP contribution >= 0.6 is 0 Å². The van der Waals surface area contributed by atoms with Gasteiger partial charge in [-0.05, 0) is 53.6 Å². The highest BCUT2D eigenvalue weighted by Crippen LogP contribution is 2.19. The summed E-state index contributed by atoms with van der Waals surface area (Å²) >= 11 is 0. The molecule has 0 aliphatic carbocycles. The highest BCUT2D eigenvalue weighted by molar-refractivity contribution is 7.91. The molecule has 1 aromatic heterocycles. The topological polar surface area (TPSA) is 107 Å². The van der Waals surface area contributed by atoms with Crippen molar-refractivity contribution in [2.24, 2.45) is 0 Å². The first kappa shape index (κ1) is 19.0. The number of hydrogen-bond acceptors (Lipinski definition) is 7. The van der Waals surface area contributed by atoms with E-state index >= 15 is 0 Å². The normalized spacial score (nSPS) is 11.5. The van der Waals surface area contributed by atoms with Crippen molar-refractivity contribution in [2.45, 2.75) is 17.9 Å². The molecule has 0 fully saturated rings. The van der Waals surface area contributed by atoms with E-state index in [1.807, 2.05) is 24.3 Å². The second-order valence-corrected chi connectivity index (χ2v) is 8.02. The first-order valence-corrected chi connectivity index (χ1v) is 10.0. The molecule has 0 amide bonds. The third kappa shape index (κ3) is 4.69. The lowest BCUT2D eigenvalue weighted by atomic mass is 10.2. The summed E-state index contributed by atoms with van der Waals surface area (Å²) in [5.41, 5.74) is 1.68. The highest BCUT2D eigenvalue weighted by atomic mass is 32.2. The monoisotopic (exact) mass is 388 g/mol. The molecule has 0 saturated carbocycles. The van der Waals surface area contributed by atoms with Gasteiger partial charge in [-0.1, -0.05) is 12.1 Å². The Morgan fingerprint density at radius 3 is 2.41 bits per heavy atom. The zero-order valence-corrected chi connectivity index (χ0v) is 15.6. The first-order valence-electron chi connectivity index (χ1n) is 8.36. The predicted octanol–water partition coefficient (Wildman–Crippen LogP) is 1.55. The molecule has 27 heavy (non-hydrogen) atoms. The molecular formula is C18H20N4O4S. The Morgan fingerprint density at radius 1 is 1.07 bits per heavy atom. The highest BCUT2D eigenvalue weighted by Gasteiger charge is 2.15. The maximum atomic E-state index is 12.1. The van der Waals surface area contributed by atoms with E-state index in [4.69, 9.17) is 9.84 Å². The van der Waals surface area contributed by atoms with Crippen molar-refractivity contribution in [1.82, 2.24) is 20.2 Å². The number of ether oxygens (including phenoxy) is 1. The van der Waals surface area contributed by atoms with Crippen LogP contribution in [-0.4, -0.2) is 53.2 Å². The van der Waals surface area contributed by atoms with Gasteiger partial charge in [0.2, 0.25) is 5.82 Å². The molecule has 0 aliphatic heterocycles. The van der Waals surface area contributed by atoms with Crippen molar-refractivity contribution in [2.75, 3.05) is 19.5 Å². The molecule has 0 bridgehead atoms. The summed E-state index contributed by atoms with van der Waals surface area (Å²) in [5, 5.41) is 21.2.